The fourth-order valence-corrected chi connectivity index (χ4v) is 0.204. The molecule has 0 saturated carbocycles. The van der Waals surface area contributed by atoms with Gasteiger partial charge in [0, 0.05) is 13.2 Å². The minimum atomic E-state index is 0. The Labute approximate surface area is 98.3 Å². The standard InChI is InChI=1S/C4H10O.Cs.H/c1-3-5-4-2;;/h3-4H2,1-2H3;;. The molecule has 0 bridgehead atoms. The molecule has 0 aromatic rings. The van der Waals surface area contributed by atoms with E-state index in [0.29, 0.717) is 0 Å². The Kier molecular flexibility index (Phi) is 18.3. The summed E-state index contributed by atoms with van der Waals surface area (Å²) in [5, 5.41) is 0. The molecule has 0 aromatic carbocycles. The third-order valence-corrected chi connectivity index (χ3v) is 0.408. The second-order valence-corrected chi connectivity index (χ2v) is 0.781. The van der Waals surface area contributed by atoms with Gasteiger partial charge in [-0.2, -0.15) is 0 Å². The molecular weight excluding hydrogens is 197 g/mol. The third kappa shape index (κ3) is 9.38. The third-order valence-electron chi connectivity index (χ3n) is 0.408. The Morgan fingerprint density at radius 3 is 1.50 bits per heavy atom. The normalized spacial score (nSPS) is 7.00. The van der Waals surface area contributed by atoms with Crippen molar-refractivity contribution in [1.82, 2.24) is 0 Å². The summed E-state index contributed by atoms with van der Waals surface area (Å²) in [6, 6.07) is 0. The maximum absolute atomic E-state index is 4.83. The minimum absolute atomic E-state index is 0. The second kappa shape index (κ2) is 10.1. The van der Waals surface area contributed by atoms with Crippen LogP contribution in [0.3, 0.4) is 0 Å². The van der Waals surface area contributed by atoms with Crippen LogP contribution in [0.5, 0.6) is 0 Å². The summed E-state index contributed by atoms with van der Waals surface area (Å²) in [6.07, 6.45) is 0. The van der Waals surface area contributed by atoms with Crippen LogP contribution in [0.1, 0.15) is 13.8 Å². The van der Waals surface area contributed by atoms with Gasteiger partial charge in [0.25, 0.3) is 0 Å². The van der Waals surface area contributed by atoms with Crippen molar-refractivity contribution in [1.29, 1.82) is 0 Å². The van der Waals surface area contributed by atoms with E-state index in [1.807, 2.05) is 13.8 Å². The molecule has 0 aliphatic heterocycles. The van der Waals surface area contributed by atoms with Crippen molar-refractivity contribution in [2.24, 2.45) is 0 Å². The summed E-state index contributed by atoms with van der Waals surface area (Å²) in [4.78, 5) is 0. The van der Waals surface area contributed by atoms with E-state index in [4.69, 9.17) is 4.74 Å². The van der Waals surface area contributed by atoms with Gasteiger partial charge < -0.3 is 4.74 Å². The van der Waals surface area contributed by atoms with Crippen molar-refractivity contribution >= 4 is 68.9 Å². The molecule has 0 heterocycles. The molecule has 0 radical (unpaired) electrons. The van der Waals surface area contributed by atoms with Crippen LogP contribution < -0.4 is 0 Å². The molecule has 0 spiro atoms. The van der Waals surface area contributed by atoms with Crippen LogP contribution in [-0.4, -0.2) is 82.1 Å². The van der Waals surface area contributed by atoms with Crippen LogP contribution in [0.4, 0.5) is 0 Å². The molecule has 0 unspecified atom stereocenters. The van der Waals surface area contributed by atoms with Gasteiger partial charge in [-0.15, -0.1) is 0 Å². The Morgan fingerprint density at radius 1 is 1.17 bits per heavy atom. The van der Waals surface area contributed by atoms with Crippen LogP contribution >= 0.6 is 0 Å². The number of hydrogen-bond donors (Lipinski definition) is 0. The van der Waals surface area contributed by atoms with Crippen molar-refractivity contribution in [2.45, 2.75) is 13.8 Å². The summed E-state index contributed by atoms with van der Waals surface area (Å²) in [7, 11) is 0. The summed E-state index contributed by atoms with van der Waals surface area (Å²) < 4.78 is 4.83. The average molecular weight is 208 g/mol. The quantitative estimate of drug-likeness (QED) is 0.638. The first kappa shape index (κ1) is 10.9. The van der Waals surface area contributed by atoms with Crippen molar-refractivity contribution in [2.75, 3.05) is 13.2 Å². The molecule has 0 aliphatic carbocycles. The van der Waals surface area contributed by atoms with Gasteiger partial charge in [-0.1, -0.05) is 0 Å². The summed E-state index contributed by atoms with van der Waals surface area (Å²) >= 11 is 0. The van der Waals surface area contributed by atoms with Crippen LogP contribution in [0.25, 0.3) is 0 Å². The van der Waals surface area contributed by atoms with Gasteiger partial charge in [0.1, 0.15) is 0 Å². The fraction of sp³-hybridized carbons (Fsp3) is 1.00. The van der Waals surface area contributed by atoms with Crippen LogP contribution in [0.15, 0.2) is 0 Å². The van der Waals surface area contributed by atoms with Gasteiger partial charge >= 0.3 is 68.9 Å². The average Bonchev–Trinajstić information content (AvgIpc) is 1.41. The van der Waals surface area contributed by atoms with Gasteiger partial charge in [-0.05, 0) is 13.8 Å². The van der Waals surface area contributed by atoms with Crippen molar-refractivity contribution in [3.8, 4) is 0 Å². The van der Waals surface area contributed by atoms with Gasteiger partial charge in [0.15, 0.2) is 0 Å². The van der Waals surface area contributed by atoms with Crippen LogP contribution in [-0.2, 0) is 4.74 Å². The van der Waals surface area contributed by atoms with Crippen LogP contribution in [0, 0.1) is 0 Å². The molecule has 0 aliphatic rings. The molecule has 0 aromatic heterocycles. The maximum atomic E-state index is 4.83. The molecule has 0 saturated heterocycles. The van der Waals surface area contributed by atoms with E-state index in [9.17, 15) is 0 Å². The molecule has 34 valence electrons. The van der Waals surface area contributed by atoms with E-state index >= 15 is 0 Å². The summed E-state index contributed by atoms with van der Waals surface area (Å²) in [5.74, 6) is 0. The monoisotopic (exact) mass is 208 g/mol. The Balaban J connectivity index is 0. The van der Waals surface area contributed by atoms with Crippen LogP contribution in [0.2, 0.25) is 0 Å². The predicted molar refractivity (Wildman–Crippen MR) is 29.3 cm³/mol. The first-order valence-corrected chi connectivity index (χ1v) is 1.99. The molecule has 0 atom stereocenters. The molecule has 1 nitrogen and oxygen atoms in total. The van der Waals surface area contributed by atoms with Gasteiger partial charge in [-0.3, -0.25) is 0 Å². The molecule has 2 heteroatoms. The van der Waals surface area contributed by atoms with E-state index in [2.05, 4.69) is 0 Å². The fourth-order valence-electron chi connectivity index (χ4n) is 0.204. The summed E-state index contributed by atoms with van der Waals surface area (Å²) in [5.41, 5.74) is 0. The second-order valence-electron chi connectivity index (χ2n) is 0.781. The number of ether oxygens (including phenoxy) is 1. The first-order valence-electron chi connectivity index (χ1n) is 1.99. The Hall–Kier alpha value is 2.01. The van der Waals surface area contributed by atoms with E-state index in [-0.39, 0.29) is 68.9 Å². The first-order chi connectivity index (χ1) is 2.41. The molecule has 0 N–H and O–H groups in total. The van der Waals surface area contributed by atoms with Crippen molar-refractivity contribution < 1.29 is 4.74 Å². The Morgan fingerprint density at radius 2 is 1.50 bits per heavy atom. The summed E-state index contributed by atoms with van der Waals surface area (Å²) in [6.45, 7) is 5.67. The number of hydrogen-bond acceptors (Lipinski definition) is 1. The molecule has 0 amide bonds. The topological polar surface area (TPSA) is 9.23 Å². The molecule has 6 heavy (non-hydrogen) atoms. The Bertz CT molecular complexity index is 15.0. The van der Waals surface area contributed by atoms with Crippen molar-refractivity contribution in [3.63, 3.8) is 0 Å². The SMILES string of the molecule is CCOCC.[CsH]. The van der Waals surface area contributed by atoms with E-state index in [1.54, 1.807) is 0 Å². The molecule has 0 fully saturated rings. The van der Waals surface area contributed by atoms with Crippen molar-refractivity contribution in [3.05, 3.63) is 0 Å². The zero-order valence-corrected chi connectivity index (χ0v) is 3.82. The van der Waals surface area contributed by atoms with E-state index in [1.165, 1.54) is 0 Å². The predicted octanol–water partition coefficient (Wildman–Crippen LogP) is 0.394. The number of rotatable bonds is 2. The van der Waals surface area contributed by atoms with Gasteiger partial charge in [0.2, 0.25) is 0 Å². The zero-order valence-electron chi connectivity index (χ0n) is 3.82. The van der Waals surface area contributed by atoms with Gasteiger partial charge in [-0.25, -0.2) is 0 Å². The zero-order chi connectivity index (χ0) is 4.12. The van der Waals surface area contributed by atoms with E-state index in [0.717, 1.165) is 13.2 Å². The van der Waals surface area contributed by atoms with Gasteiger partial charge in [0.05, 0.1) is 0 Å². The molecule has 0 rings (SSSR count). The van der Waals surface area contributed by atoms with E-state index < -0.39 is 0 Å². The molecular formula is C4H11CsO.